The molecule has 0 unspecified atom stereocenters. The van der Waals surface area contributed by atoms with Gasteiger partial charge in [-0.15, -0.1) is 5.10 Å². The van der Waals surface area contributed by atoms with Crippen molar-refractivity contribution < 1.29 is 4.74 Å². The normalized spacial score (nSPS) is 10.8. The Morgan fingerprint density at radius 3 is 2.47 bits per heavy atom. The quantitative estimate of drug-likeness (QED) is 0.872. The molecule has 0 spiro atoms. The van der Waals surface area contributed by atoms with E-state index in [1.807, 2.05) is 40.8 Å². The lowest BCUT2D eigenvalue weighted by Crippen LogP contribution is -2.16. The molecule has 0 amide bonds. The van der Waals surface area contributed by atoms with Crippen LogP contribution in [-0.2, 0) is 0 Å². The lowest BCUT2D eigenvalue weighted by Gasteiger charge is -2.20. The smallest absolute Gasteiger partial charge is 0.230 e. The van der Waals surface area contributed by atoms with Gasteiger partial charge in [0.15, 0.2) is 4.77 Å². The number of H-pyrrole nitrogens is 1. The standard InChI is InChI=1S/C13H18N4OS/c1-9(2)17-12(14-15-13(17)19)16(3)10-5-7-11(18-4)8-6-10/h5-9H,1-4H3,(H,15,19). The van der Waals surface area contributed by atoms with Crippen molar-refractivity contribution in [3.05, 3.63) is 29.0 Å². The van der Waals surface area contributed by atoms with Gasteiger partial charge in [0, 0.05) is 18.8 Å². The zero-order chi connectivity index (χ0) is 14.0. The molecule has 0 saturated heterocycles. The van der Waals surface area contributed by atoms with E-state index in [1.54, 1.807) is 7.11 Å². The van der Waals surface area contributed by atoms with Gasteiger partial charge in [0.2, 0.25) is 5.95 Å². The second-order valence-electron chi connectivity index (χ2n) is 4.55. The molecule has 19 heavy (non-hydrogen) atoms. The minimum atomic E-state index is 0.252. The lowest BCUT2D eigenvalue weighted by atomic mass is 10.3. The minimum absolute atomic E-state index is 0.252. The van der Waals surface area contributed by atoms with Gasteiger partial charge in [0.1, 0.15) is 5.75 Å². The zero-order valence-corrected chi connectivity index (χ0v) is 12.4. The van der Waals surface area contributed by atoms with E-state index >= 15 is 0 Å². The second kappa shape index (κ2) is 5.44. The molecular formula is C13H18N4OS. The Bertz CT molecular complexity index is 600. The molecule has 1 N–H and O–H groups in total. The Balaban J connectivity index is 2.38. The summed E-state index contributed by atoms with van der Waals surface area (Å²) in [6, 6.07) is 8.07. The first-order valence-corrected chi connectivity index (χ1v) is 6.50. The first-order valence-electron chi connectivity index (χ1n) is 6.09. The van der Waals surface area contributed by atoms with E-state index in [-0.39, 0.29) is 6.04 Å². The molecular weight excluding hydrogens is 260 g/mol. The van der Waals surface area contributed by atoms with Gasteiger partial charge in [-0.3, -0.25) is 4.57 Å². The molecule has 2 rings (SSSR count). The van der Waals surface area contributed by atoms with Crippen molar-refractivity contribution in [1.29, 1.82) is 0 Å². The molecule has 1 heterocycles. The molecule has 0 aliphatic heterocycles. The fourth-order valence-corrected chi connectivity index (χ4v) is 2.26. The van der Waals surface area contributed by atoms with E-state index < -0.39 is 0 Å². The molecule has 0 aliphatic rings. The molecule has 6 heteroatoms. The van der Waals surface area contributed by atoms with Crippen molar-refractivity contribution in [2.75, 3.05) is 19.1 Å². The Hall–Kier alpha value is -1.82. The predicted molar refractivity (Wildman–Crippen MR) is 78.9 cm³/mol. The van der Waals surface area contributed by atoms with E-state index in [9.17, 15) is 0 Å². The molecule has 0 radical (unpaired) electrons. The van der Waals surface area contributed by atoms with Crippen molar-refractivity contribution in [2.24, 2.45) is 0 Å². The molecule has 1 aromatic carbocycles. The van der Waals surface area contributed by atoms with Crippen LogP contribution in [0.1, 0.15) is 19.9 Å². The number of hydrogen-bond acceptors (Lipinski definition) is 4. The molecule has 0 aliphatic carbocycles. The average molecular weight is 278 g/mol. The number of nitrogens with zero attached hydrogens (tertiary/aromatic N) is 3. The Morgan fingerprint density at radius 1 is 1.32 bits per heavy atom. The van der Waals surface area contributed by atoms with Crippen LogP contribution < -0.4 is 9.64 Å². The topological polar surface area (TPSA) is 46.1 Å². The van der Waals surface area contributed by atoms with Gasteiger partial charge in [-0.2, -0.15) is 0 Å². The van der Waals surface area contributed by atoms with Gasteiger partial charge in [-0.05, 0) is 50.3 Å². The first-order chi connectivity index (χ1) is 9.04. The third-order valence-corrected chi connectivity index (χ3v) is 3.25. The van der Waals surface area contributed by atoms with Crippen LogP contribution in [0.15, 0.2) is 24.3 Å². The highest BCUT2D eigenvalue weighted by Crippen LogP contribution is 2.25. The molecule has 0 fully saturated rings. The van der Waals surface area contributed by atoms with Crippen molar-refractivity contribution >= 4 is 23.9 Å². The van der Waals surface area contributed by atoms with Gasteiger partial charge < -0.3 is 9.64 Å². The van der Waals surface area contributed by atoms with Crippen molar-refractivity contribution in [3.63, 3.8) is 0 Å². The van der Waals surface area contributed by atoms with Gasteiger partial charge in [-0.1, -0.05) is 0 Å². The number of aromatic nitrogens is 3. The second-order valence-corrected chi connectivity index (χ2v) is 4.94. The summed E-state index contributed by atoms with van der Waals surface area (Å²) in [5.41, 5.74) is 1.02. The maximum atomic E-state index is 5.26. The van der Waals surface area contributed by atoms with Crippen LogP contribution in [0.3, 0.4) is 0 Å². The van der Waals surface area contributed by atoms with Gasteiger partial charge in [-0.25, -0.2) is 5.10 Å². The number of benzene rings is 1. The van der Waals surface area contributed by atoms with E-state index in [0.29, 0.717) is 4.77 Å². The number of hydrogen-bond donors (Lipinski definition) is 1. The molecule has 102 valence electrons. The van der Waals surface area contributed by atoms with Crippen LogP contribution in [0.2, 0.25) is 0 Å². The number of rotatable bonds is 4. The Kier molecular flexibility index (Phi) is 3.90. The molecule has 0 atom stereocenters. The summed E-state index contributed by atoms with van der Waals surface area (Å²) >= 11 is 5.26. The van der Waals surface area contributed by atoms with Crippen LogP contribution >= 0.6 is 12.2 Å². The largest absolute Gasteiger partial charge is 0.497 e. The van der Waals surface area contributed by atoms with E-state index in [1.165, 1.54) is 0 Å². The Labute approximate surface area is 117 Å². The molecule has 2 aromatic rings. The third kappa shape index (κ3) is 2.63. The lowest BCUT2D eigenvalue weighted by molar-refractivity contribution is 0.415. The number of aromatic amines is 1. The molecule has 0 saturated carbocycles. The summed E-state index contributed by atoms with van der Waals surface area (Å²) in [6.45, 7) is 4.16. The summed E-state index contributed by atoms with van der Waals surface area (Å²) < 4.78 is 7.77. The Morgan fingerprint density at radius 2 is 1.95 bits per heavy atom. The number of nitrogens with one attached hydrogen (secondary N) is 1. The highest BCUT2D eigenvalue weighted by atomic mass is 32.1. The van der Waals surface area contributed by atoms with Crippen molar-refractivity contribution in [1.82, 2.24) is 14.8 Å². The van der Waals surface area contributed by atoms with Gasteiger partial charge in [0.05, 0.1) is 7.11 Å². The maximum Gasteiger partial charge on any atom is 0.230 e. The summed E-state index contributed by atoms with van der Waals surface area (Å²) in [4.78, 5) is 1.99. The predicted octanol–water partition coefficient (Wildman–Crippen LogP) is 3.30. The van der Waals surface area contributed by atoms with Crippen LogP contribution in [0.25, 0.3) is 0 Å². The fraction of sp³-hybridized carbons (Fsp3) is 0.385. The third-order valence-electron chi connectivity index (χ3n) is 2.96. The number of methoxy groups -OCH3 is 1. The van der Waals surface area contributed by atoms with E-state index in [4.69, 9.17) is 17.0 Å². The summed E-state index contributed by atoms with van der Waals surface area (Å²) in [7, 11) is 3.62. The van der Waals surface area contributed by atoms with Crippen molar-refractivity contribution in [3.8, 4) is 5.75 Å². The van der Waals surface area contributed by atoms with Crippen LogP contribution in [0, 0.1) is 4.77 Å². The maximum absolute atomic E-state index is 5.26. The van der Waals surface area contributed by atoms with Gasteiger partial charge >= 0.3 is 0 Å². The van der Waals surface area contributed by atoms with Crippen LogP contribution in [0.4, 0.5) is 11.6 Å². The highest BCUT2D eigenvalue weighted by molar-refractivity contribution is 7.71. The number of anilines is 2. The van der Waals surface area contributed by atoms with E-state index in [2.05, 4.69) is 24.0 Å². The summed E-state index contributed by atoms with van der Waals surface area (Å²) in [6.07, 6.45) is 0. The monoisotopic (exact) mass is 278 g/mol. The molecule has 5 nitrogen and oxygen atoms in total. The minimum Gasteiger partial charge on any atom is -0.497 e. The molecule has 1 aromatic heterocycles. The van der Waals surface area contributed by atoms with E-state index in [0.717, 1.165) is 17.4 Å². The summed E-state index contributed by atoms with van der Waals surface area (Å²) in [5.74, 6) is 1.63. The SMILES string of the molecule is COc1ccc(N(C)c2n[nH]c(=S)n2C(C)C)cc1. The van der Waals surface area contributed by atoms with Crippen LogP contribution in [-0.4, -0.2) is 28.9 Å². The first kappa shape index (κ1) is 13.6. The number of ether oxygens (including phenoxy) is 1. The summed E-state index contributed by atoms with van der Waals surface area (Å²) in [5, 5.41) is 7.14. The zero-order valence-electron chi connectivity index (χ0n) is 11.5. The van der Waals surface area contributed by atoms with Crippen molar-refractivity contribution in [2.45, 2.75) is 19.9 Å². The molecule has 0 bridgehead atoms. The fourth-order valence-electron chi connectivity index (χ4n) is 1.92. The average Bonchev–Trinajstić information content (AvgIpc) is 2.80. The van der Waals surface area contributed by atoms with Gasteiger partial charge in [0.25, 0.3) is 0 Å². The van der Waals surface area contributed by atoms with Crippen LogP contribution in [0.5, 0.6) is 5.75 Å². The highest BCUT2D eigenvalue weighted by Gasteiger charge is 2.14.